The van der Waals surface area contributed by atoms with Gasteiger partial charge in [-0.1, -0.05) is 41.9 Å². The summed E-state index contributed by atoms with van der Waals surface area (Å²) in [6.45, 7) is 3.66. The zero-order chi connectivity index (χ0) is 22.2. The van der Waals surface area contributed by atoms with Crippen LogP contribution >= 0.6 is 11.6 Å². The van der Waals surface area contributed by atoms with Gasteiger partial charge in [-0.3, -0.25) is 29.5 Å². The summed E-state index contributed by atoms with van der Waals surface area (Å²) >= 11 is 5.79. The number of nitro groups is 1. The highest BCUT2D eigenvalue weighted by Crippen LogP contribution is 2.27. The van der Waals surface area contributed by atoms with Crippen LogP contribution in [0.25, 0.3) is 0 Å². The molecule has 2 N–H and O–H groups in total. The van der Waals surface area contributed by atoms with Crippen molar-refractivity contribution in [2.45, 2.75) is 6.54 Å². The molecule has 1 saturated heterocycles. The predicted molar refractivity (Wildman–Crippen MR) is 118 cm³/mol. The third kappa shape index (κ3) is 7.02. The van der Waals surface area contributed by atoms with Crippen LogP contribution in [0.2, 0.25) is 5.02 Å². The quantitative estimate of drug-likeness (QED) is 0.476. The van der Waals surface area contributed by atoms with Crippen LogP contribution in [0.5, 0.6) is 0 Å². The number of nitrogens with zero attached hydrogens (tertiary/aromatic N) is 3. The van der Waals surface area contributed by atoms with Crippen LogP contribution in [-0.4, -0.2) is 65.8 Å². The van der Waals surface area contributed by atoms with Crippen molar-refractivity contribution in [3.8, 4) is 0 Å². The minimum Gasteiger partial charge on any atom is -0.351 e. The topological polar surface area (TPSA) is 108 Å². The van der Waals surface area contributed by atoms with Gasteiger partial charge in [-0.05, 0) is 17.7 Å². The smallest absolute Gasteiger partial charge is 0.289 e. The van der Waals surface area contributed by atoms with Crippen LogP contribution in [0.15, 0.2) is 48.5 Å². The molecule has 0 unspecified atom stereocenters. The molecule has 3 rings (SSSR count). The number of hydrogen-bond acceptors (Lipinski definition) is 6. The predicted octanol–water partition coefficient (Wildman–Crippen LogP) is 2.12. The second kappa shape index (κ2) is 10.9. The molecule has 10 heteroatoms. The first-order chi connectivity index (χ1) is 14.9. The van der Waals surface area contributed by atoms with Gasteiger partial charge in [-0.15, -0.1) is 0 Å². The van der Waals surface area contributed by atoms with Crippen LogP contribution in [-0.2, 0) is 16.1 Å². The van der Waals surface area contributed by atoms with Crippen molar-refractivity contribution >= 4 is 34.8 Å². The highest BCUT2D eigenvalue weighted by Gasteiger charge is 2.21. The molecular weight excluding hydrogens is 422 g/mol. The van der Waals surface area contributed by atoms with Crippen molar-refractivity contribution in [3.05, 3.63) is 69.2 Å². The first-order valence-electron chi connectivity index (χ1n) is 9.90. The Kier molecular flexibility index (Phi) is 7.94. The van der Waals surface area contributed by atoms with Crippen molar-refractivity contribution in [3.63, 3.8) is 0 Å². The van der Waals surface area contributed by atoms with Gasteiger partial charge in [0, 0.05) is 44.5 Å². The maximum absolute atomic E-state index is 12.3. The Morgan fingerprint density at radius 1 is 0.968 bits per heavy atom. The lowest BCUT2D eigenvalue weighted by atomic mass is 10.2. The van der Waals surface area contributed by atoms with Crippen LogP contribution in [0.4, 0.5) is 11.4 Å². The number of anilines is 1. The number of halogens is 1. The number of nitrogens with one attached hydrogen (secondary N) is 2. The average Bonchev–Trinajstić information content (AvgIpc) is 2.75. The zero-order valence-electron chi connectivity index (χ0n) is 16.9. The number of amides is 2. The molecule has 0 atom stereocenters. The Morgan fingerprint density at radius 3 is 2.19 bits per heavy atom. The van der Waals surface area contributed by atoms with E-state index >= 15 is 0 Å². The minimum atomic E-state index is -0.590. The summed E-state index contributed by atoms with van der Waals surface area (Å²) in [5.41, 5.74) is 1.13. The number of hydrogen-bond donors (Lipinski definition) is 2. The van der Waals surface area contributed by atoms with E-state index in [2.05, 4.69) is 15.5 Å². The van der Waals surface area contributed by atoms with Gasteiger partial charge in [0.05, 0.1) is 18.0 Å². The standard InChI is InChI=1S/C21H24ClN5O4/c22-18-7-6-17(12-19(18)27(30)31)24-21(29)15-26-10-8-25(9-11-26)14-20(28)23-13-16-4-2-1-3-5-16/h1-7,12H,8-11,13-15H2,(H,23,28)(H,24,29). The lowest BCUT2D eigenvalue weighted by Crippen LogP contribution is -2.50. The number of rotatable bonds is 8. The Labute approximate surface area is 185 Å². The third-order valence-electron chi connectivity index (χ3n) is 4.96. The Morgan fingerprint density at radius 2 is 1.58 bits per heavy atom. The second-order valence-corrected chi connectivity index (χ2v) is 7.69. The molecule has 0 aromatic heterocycles. The molecule has 2 aromatic carbocycles. The maximum Gasteiger partial charge on any atom is 0.289 e. The molecule has 1 fully saturated rings. The van der Waals surface area contributed by atoms with Gasteiger partial charge in [0.2, 0.25) is 11.8 Å². The highest BCUT2D eigenvalue weighted by molar-refractivity contribution is 6.32. The minimum absolute atomic E-state index is 0.0203. The lowest BCUT2D eigenvalue weighted by molar-refractivity contribution is -0.384. The summed E-state index contributed by atoms with van der Waals surface area (Å²) in [4.78, 5) is 38.9. The highest BCUT2D eigenvalue weighted by atomic mass is 35.5. The summed E-state index contributed by atoms with van der Waals surface area (Å²) in [6, 6.07) is 13.9. The van der Waals surface area contributed by atoms with Crippen LogP contribution < -0.4 is 10.6 Å². The second-order valence-electron chi connectivity index (χ2n) is 7.29. The van der Waals surface area contributed by atoms with E-state index < -0.39 is 4.92 Å². The molecule has 164 valence electrons. The number of benzene rings is 2. The van der Waals surface area contributed by atoms with Crippen LogP contribution in [0, 0.1) is 10.1 Å². The van der Waals surface area contributed by atoms with E-state index in [0.717, 1.165) is 5.56 Å². The molecule has 1 aliphatic rings. The summed E-state index contributed by atoms with van der Waals surface area (Å²) < 4.78 is 0. The molecule has 1 aliphatic heterocycles. The normalized spacial score (nSPS) is 14.7. The Bertz CT molecular complexity index is 933. The fourth-order valence-electron chi connectivity index (χ4n) is 3.29. The first-order valence-corrected chi connectivity index (χ1v) is 10.3. The Hall–Kier alpha value is -3.01. The molecule has 31 heavy (non-hydrogen) atoms. The molecule has 0 bridgehead atoms. The van der Waals surface area contributed by atoms with Gasteiger partial charge in [-0.2, -0.15) is 0 Å². The van der Waals surface area contributed by atoms with Gasteiger partial charge < -0.3 is 10.6 Å². The number of nitro benzene ring substituents is 1. The molecule has 9 nitrogen and oxygen atoms in total. The van der Waals surface area contributed by atoms with E-state index in [0.29, 0.717) is 45.0 Å². The van der Waals surface area contributed by atoms with E-state index in [1.807, 2.05) is 35.2 Å². The van der Waals surface area contributed by atoms with Gasteiger partial charge in [0.15, 0.2) is 0 Å². The summed E-state index contributed by atoms with van der Waals surface area (Å²) in [7, 11) is 0. The van der Waals surface area contributed by atoms with Crippen molar-refractivity contribution < 1.29 is 14.5 Å². The summed E-state index contributed by atoms with van der Waals surface area (Å²) in [5.74, 6) is -0.287. The van der Waals surface area contributed by atoms with Gasteiger partial charge >= 0.3 is 0 Å². The molecular formula is C21H24ClN5O4. The molecule has 2 amide bonds. The third-order valence-corrected chi connectivity index (χ3v) is 5.28. The van der Waals surface area contributed by atoms with Crippen molar-refractivity contribution in [1.29, 1.82) is 0 Å². The summed E-state index contributed by atoms with van der Waals surface area (Å²) in [5, 5.41) is 16.6. The van der Waals surface area contributed by atoms with E-state index in [9.17, 15) is 19.7 Å². The molecule has 0 spiro atoms. The fraction of sp³-hybridized carbons (Fsp3) is 0.333. The maximum atomic E-state index is 12.3. The number of carbonyl (C=O) groups is 2. The van der Waals surface area contributed by atoms with Crippen molar-refractivity contribution in [1.82, 2.24) is 15.1 Å². The molecule has 0 aliphatic carbocycles. The largest absolute Gasteiger partial charge is 0.351 e. The van der Waals surface area contributed by atoms with E-state index in [-0.39, 0.29) is 29.1 Å². The molecule has 0 saturated carbocycles. The number of carbonyl (C=O) groups excluding carboxylic acids is 2. The van der Waals surface area contributed by atoms with Crippen molar-refractivity contribution in [2.75, 3.05) is 44.6 Å². The average molecular weight is 446 g/mol. The molecule has 1 heterocycles. The first kappa shape index (κ1) is 22.7. The van der Waals surface area contributed by atoms with Crippen LogP contribution in [0.3, 0.4) is 0 Å². The van der Waals surface area contributed by atoms with Gasteiger partial charge in [-0.25, -0.2) is 0 Å². The van der Waals surface area contributed by atoms with Gasteiger partial charge in [0.25, 0.3) is 5.69 Å². The van der Waals surface area contributed by atoms with E-state index in [1.54, 1.807) is 0 Å². The fourth-order valence-corrected chi connectivity index (χ4v) is 3.48. The van der Waals surface area contributed by atoms with E-state index in [4.69, 9.17) is 11.6 Å². The molecule has 0 radical (unpaired) electrons. The lowest BCUT2D eigenvalue weighted by Gasteiger charge is -2.33. The summed E-state index contributed by atoms with van der Waals surface area (Å²) in [6.07, 6.45) is 0. The monoisotopic (exact) mass is 445 g/mol. The van der Waals surface area contributed by atoms with Crippen molar-refractivity contribution in [2.24, 2.45) is 0 Å². The SMILES string of the molecule is O=C(CN1CCN(CC(=O)Nc2ccc(Cl)c([N+](=O)[O-])c2)CC1)NCc1ccccc1. The van der Waals surface area contributed by atoms with E-state index in [1.165, 1.54) is 18.2 Å². The zero-order valence-corrected chi connectivity index (χ0v) is 17.7. The Balaban J connectivity index is 1.38. The molecule has 2 aromatic rings. The van der Waals surface area contributed by atoms with Crippen LogP contribution in [0.1, 0.15) is 5.56 Å². The number of piperazine rings is 1. The van der Waals surface area contributed by atoms with Gasteiger partial charge in [0.1, 0.15) is 5.02 Å².